The van der Waals surface area contributed by atoms with E-state index >= 15 is 0 Å². The zero-order chi connectivity index (χ0) is 21.9. The predicted octanol–water partition coefficient (Wildman–Crippen LogP) is 2.13. The normalized spacial score (nSPS) is 17.1. The number of aliphatic imine (C=N–C) groups is 1. The Kier molecular flexibility index (Phi) is 6.58. The maximum atomic E-state index is 12.9. The summed E-state index contributed by atoms with van der Waals surface area (Å²) >= 11 is 0. The van der Waals surface area contributed by atoms with Gasteiger partial charge in [0.15, 0.2) is 0 Å². The molecular formula is C22H28N4O3S. The van der Waals surface area contributed by atoms with E-state index in [1.807, 2.05) is 52.2 Å². The maximum absolute atomic E-state index is 12.9. The number of fused-ring (bicyclic) bond motifs is 1. The molecule has 1 atom stereocenters. The molecule has 0 fully saturated rings. The average molecular weight is 429 g/mol. The Morgan fingerprint density at radius 3 is 2.37 bits per heavy atom. The number of carbonyl (C=O) groups excluding carboxylic acids is 1. The van der Waals surface area contributed by atoms with E-state index in [9.17, 15) is 13.2 Å². The van der Waals surface area contributed by atoms with Gasteiger partial charge in [-0.1, -0.05) is 50.2 Å². The molecule has 0 saturated heterocycles. The Morgan fingerprint density at radius 2 is 1.70 bits per heavy atom. The number of rotatable bonds is 7. The molecule has 2 aromatic carbocycles. The summed E-state index contributed by atoms with van der Waals surface area (Å²) in [6.07, 6.45) is 0. The van der Waals surface area contributed by atoms with Crippen LogP contribution >= 0.6 is 0 Å². The Balaban J connectivity index is 1.80. The van der Waals surface area contributed by atoms with Gasteiger partial charge in [-0.15, -0.1) is 0 Å². The zero-order valence-electron chi connectivity index (χ0n) is 17.7. The fraction of sp³-hybridized carbons (Fsp3) is 0.364. The van der Waals surface area contributed by atoms with E-state index in [1.165, 1.54) is 6.07 Å². The third-order valence-electron chi connectivity index (χ3n) is 4.89. The highest BCUT2D eigenvalue weighted by atomic mass is 32.2. The number of amides is 1. The molecule has 30 heavy (non-hydrogen) atoms. The van der Waals surface area contributed by atoms with Crippen LogP contribution in [0.3, 0.4) is 0 Å². The van der Waals surface area contributed by atoms with Crippen molar-refractivity contribution in [2.24, 2.45) is 10.9 Å². The van der Waals surface area contributed by atoms with Gasteiger partial charge in [0, 0.05) is 18.7 Å². The van der Waals surface area contributed by atoms with Crippen LogP contribution in [0, 0.1) is 5.92 Å². The van der Waals surface area contributed by atoms with Crippen molar-refractivity contribution in [3.63, 3.8) is 0 Å². The van der Waals surface area contributed by atoms with Gasteiger partial charge in [0.1, 0.15) is 11.9 Å². The van der Waals surface area contributed by atoms with Crippen molar-refractivity contribution in [1.29, 1.82) is 0 Å². The van der Waals surface area contributed by atoms with Crippen molar-refractivity contribution in [3.05, 3.63) is 65.2 Å². The first-order valence-electron chi connectivity index (χ1n) is 9.88. The molecule has 2 aromatic rings. The van der Waals surface area contributed by atoms with Crippen molar-refractivity contribution in [3.8, 4) is 0 Å². The molecule has 0 aliphatic carbocycles. The summed E-state index contributed by atoms with van der Waals surface area (Å²) < 4.78 is 27.1. The van der Waals surface area contributed by atoms with Gasteiger partial charge in [-0.05, 0) is 43.3 Å². The average Bonchev–Trinajstić information content (AvgIpc) is 2.95. The fourth-order valence-corrected chi connectivity index (χ4v) is 4.63. The monoisotopic (exact) mass is 428 g/mol. The van der Waals surface area contributed by atoms with Crippen LogP contribution in [0.25, 0.3) is 0 Å². The van der Waals surface area contributed by atoms with Crippen LogP contribution in [0.1, 0.15) is 30.5 Å². The first-order chi connectivity index (χ1) is 14.2. The molecule has 7 nitrogen and oxygen atoms in total. The molecule has 1 heterocycles. The lowest BCUT2D eigenvalue weighted by Gasteiger charge is -2.19. The molecule has 1 aliphatic heterocycles. The molecule has 0 aromatic heterocycles. The van der Waals surface area contributed by atoms with Crippen molar-refractivity contribution in [2.45, 2.75) is 37.9 Å². The first-order valence-corrected chi connectivity index (χ1v) is 11.4. The second-order valence-corrected chi connectivity index (χ2v) is 9.64. The smallest absolute Gasteiger partial charge is 0.263 e. The minimum absolute atomic E-state index is 0.105. The SMILES string of the molecule is CC(C)[C@H](N=C1NS(=O)(=O)c2ccccc21)C(=O)NCc1ccccc1CN(C)C. The van der Waals surface area contributed by atoms with Crippen LogP contribution < -0.4 is 10.0 Å². The van der Waals surface area contributed by atoms with Crippen LogP contribution in [0.15, 0.2) is 58.4 Å². The zero-order valence-corrected chi connectivity index (χ0v) is 18.5. The van der Waals surface area contributed by atoms with Crippen molar-refractivity contribution >= 4 is 21.8 Å². The molecule has 0 radical (unpaired) electrons. The van der Waals surface area contributed by atoms with Gasteiger partial charge >= 0.3 is 0 Å². The fourth-order valence-electron chi connectivity index (χ4n) is 3.39. The standard InChI is InChI=1S/C22H28N4O3S/c1-15(2)20(24-21-18-11-7-8-12-19(18)30(28,29)25-21)22(27)23-13-16-9-5-6-10-17(16)14-26(3)4/h5-12,15,20H,13-14H2,1-4H3,(H,23,27)(H,24,25)/t20-/m0/s1. The number of nitrogens with zero attached hydrogens (tertiary/aromatic N) is 2. The molecule has 0 bridgehead atoms. The lowest BCUT2D eigenvalue weighted by molar-refractivity contribution is -0.123. The molecule has 2 N–H and O–H groups in total. The minimum atomic E-state index is -3.64. The number of carbonyl (C=O) groups is 1. The van der Waals surface area contributed by atoms with E-state index in [2.05, 4.69) is 19.9 Å². The van der Waals surface area contributed by atoms with E-state index < -0.39 is 16.1 Å². The largest absolute Gasteiger partial charge is 0.350 e. The lowest BCUT2D eigenvalue weighted by atomic mass is 10.0. The third kappa shape index (κ3) is 4.88. The molecule has 160 valence electrons. The molecule has 0 saturated carbocycles. The lowest BCUT2D eigenvalue weighted by Crippen LogP contribution is -2.38. The van der Waals surface area contributed by atoms with Crippen LogP contribution in [0.2, 0.25) is 0 Å². The molecule has 0 spiro atoms. The van der Waals surface area contributed by atoms with Crippen molar-refractivity contribution in [1.82, 2.24) is 14.9 Å². The Hall–Kier alpha value is -2.71. The van der Waals surface area contributed by atoms with E-state index in [4.69, 9.17) is 0 Å². The molecular weight excluding hydrogens is 400 g/mol. The van der Waals surface area contributed by atoms with Crippen LogP contribution in [-0.2, 0) is 27.9 Å². The Labute approximate surface area is 178 Å². The van der Waals surface area contributed by atoms with E-state index in [1.54, 1.807) is 18.2 Å². The van der Waals surface area contributed by atoms with Gasteiger partial charge in [0.25, 0.3) is 10.0 Å². The van der Waals surface area contributed by atoms with Crippen molar-refractivity contribution < 1.29 is 13.2 Å². The summed E-state index contributed by atoms with van der Waals surface area (Å²) in [7, 11) is 0.360. The molecule has 1 amide bonds. The summed E-state index contributed by atoms with van der Waals surface area (Å²) in [5, 5.41) is 2.97. The number of nitrogens with one attached hydrogen (secondary N) is 2. The Bertz CT molecular complexity index is 1060. The van der Waals surface area contributed by atoms with E-state index in [0.717, 1.165) is 17.7 Å². The highest BCUT2D eigenvalue weighted by Gasteiger charge is 2.32. The van der Waals surface area contributed by atoms with Crippen LogP contribution in [0.4, 0.5) is 0 Å². The topological polar surface area (TPSA) is 90.9 Å². The van der Waals surface area contributed by atoms with Gasteiger partial charge in [-0.25, -0.2) is 8.42 Å². The van der Waals surface area contributed by atoms with Gasteiger partial charge in [0.05, 0.1) is 4.90 Å². The molecule has 8 heteroatoms. The van der Waals surface area contributed by atoms with Gasteiger partial charge in [-0.3, -0.25) is 14.5 Å². The predicted molar refractivity (Wildman–Crippen MR) is 118 cm³/mol. The highest BCUT2D eigenvalue weighted by Crippen LogP contribution is 2.23. The summed E-state index contributed by atoms with van der Waals surface area (Å²) in [4.78, 5) is 19.7. The number of benzene rings is 2. The van der Waals surface area contributed by atoms with Gasteiger partial charge in [-0.2, -0.15) is 0 Å². The maximum Gasteiger partial charge on any atom is 0.263 e. The summed E-state index contributed by atoms with van der Waals surface area (Å²) in [5.74, 6) is -0.125. The number of amidine groups is 1. The number of hydrogen-bond acceptors (Lipinski definition) is 5. The summed E-state index contributed by atoms with van der Waals surface area (Å²) in [5.41, 5.74) is 2.68. The molecule has 3 rings (SSSR count). The van der Waals surface area contributed by atoms with Crippen molar-refractivity contribution in [2.75, 3.05) is 14.1 Å². The second-order valence-electron chi connectivity index (χ2n) is 7.99. The second kappa shape index (κ2) is 8.97. The highest BCUT2D eigenvalue weighted by molar-refractivity contribution is 7.90. The van der Waals surface area contributed by atoms with Crippen LogP contribution in [-0.4, -0.2) is 45.2 Å². The minimum Gasteiger partial charge on any atom is -0.350 e. The summed E-state index contributed by atoms with van der Waals surface area (Å²) in [6, 6.07) is 13.9. The van der Waals surface area contributed by atoms with Gasteiger partial charge in [0.2, 0.25) is 5.91 Å². The third-order valence-corrected chi connectivity index (χ3v) is 6.29. The molecule has 1 aliphatic rings. The van der Waals surface area contributed by atoms with Gasteiger partial charge < -0.3 is 10.2 Å². The first kappa shape index (κ1) is 22.0. The number of hydrogen-bond donors (Lipinski definition) is 2. The quantitative estimate of drug-likeness (QED) is 0.707. The number of sulfonamides is 1. The van der Waals surface area contributed by atoms with E-state index in [-0.39, 0.29) is 22.6 Å². The van der Waals surface area contributed by atoms with Crippen LogP contribution in [0.5, 0.6) is 0 Å². The Morgan fingerprint density at radius 1 is 1.07 bits per heavy atom. The molecule has 0 unspecified atom stereocenters. The van der Waals surface area contributed by atoms with E-state index in [0.29, 0.717) is 12.1 Å². The summed E-state index contributed by atoms with van der Waals surface area (Å²) in [6.45, 7) is 4.95.